The second-order valence-electron chi connectivity index (χ2n) is 6.21. The van der Waals surface area contributed by atoms with Crippen LogP contribution >= 0.6 is 0 Å². The molecule has 0 saturated heterocycles. The molecule has 2 aromatic carbocycles. The summed E-state index contributed by atoms with van der Waals surface area (Å²) in [6.07, 6.45) is 7.02. The molecule has 0 N–H and O–H groups in total. The number of benzene rings is 2. The van der Waals surface area contributed by atoms with Crippen LogP contribution in [0.2, 0.25) is 0 Å². The first-order valence-electron chi connectivity index (χ1n) is 9.05. The Hall–Kier alpha value is -1.70. The van der Waals surface area contributed by atoms with Crippen LogP contribution in [0, 0.1) is 6.92 Å². The van der Waals surface area contributed by atoms with Gasteiger partial charge in [0.15, 0.2) is 11.5 Å². The quantitative estimate of drug-likeness (QED) is 0.480. The van der Waals surface area contributed by atoms with Crippen molar-refractivity contribution in [1.29, 1.82) is 0 Å². The average molecular weight is 314 g/mol. The van der Waals surface area contributed by atoms with Gasteiger partial charge >= 0.3 is 0 Å². The zero-order chi connectivity index (χ0) is 16.5. The van der Waals surface area contributed by atoms with Crippen LogP contribution in [0.15, 0.2) is 30.3 Å². The van der Waals surface area contributed by atoms with Gasteiger partial charge in [-0.05, 0) is 48.2 Å². The maximum absolute atomic E-state index is 6.03. The van der Waals surface area contributed by atoms with Gasteiger partial charge in [0.25, 0.3) is 0 Å². The molecular weight excluding hydrogens is 284 g/mol. The highest BCUT2D eigenvalue weighted by atomic mass is 16.5. The largest absolute Gasteiger partial charge is 0.490 e. The minimum absolute atomic E-state index is 0.760. The summed E-state index contributed by atoms with van der Waals surface area (Å²) in [6.45, 7) is 8.08. The normalized spacial score (nSPS) is 10.9. The second-order valence-corrected chi connectivity index (χ2v) is 6.21. The van der Waals surface area contributed by atoms with E-state index in [0.717, 1.165) is 37.6 Å². The van der Waals surface area contributed by atoms with Gasteiger partial charge in [0.2, 0.25) is 0 Å². The molecule has 0 amide bonds. The Morgan fingerprint density at radius 3 is 2.00 bits per heavy atom. The first-order chi connectivity index (χ1) is 11.3. The van der Waals surface area contributed by atoms with Crippen LogP contribution in [-0.2, 0) is 0 Å². The van der Waals surface area contributed by atoms with Gasteiger partial charge in [-0.15, -0.1) is 0 Å². The average Bonchev–Trinajstić information content (AvgIpc) is 2.56. The lowest BCUT2D eigenvalue weighted by Gasteiger charge is -2.15. The molecule has 0 aliphatic carbocycles. The number of unbranched alkanes of at least 4 members (excludes halogenated alkanes) is 4. The summed E-state index contributed by atoms with van der Waals surface area (Å²) in [5.74, 6) is 1.77. The smallest absolute Gasteiger partial charge is 0.161 e. The van der Waals surface area contributed by atoms with E-state index in [4.69, 9.17) is 9.47 Å². The molecule has 2 aromatic rings. The minimum atomic E-state index is 0.760. The summed E-state index contributed by atoms with van der Waals surface area (Å²) in [5, 5.41) is 2.47. The fourth-order valence-electron chi connectivity index (χ4n) is 2.73. The molecule has 2 nitrogen and oxygen atoms in total. The van der Waals surface area contributed by atoms with Crippen molar-refractivity contribution in [2.45, 2.75) is 59.3 Å². The Labute approximate surface area is 140 Å². The van der Waals surface area contributed by atoms with Gasteiger partial charge in [0, 0.05) is 0 Å². The van der Waals surface area contributed by atoms with E-state index in [9.17, 15) is 0 Å². The lowest BCUT2D eigenvalue weighted by molar-refractivity contribution is 0.260. The predicted octanol–water partition coefficient (Wildman–Crippen LogP) is 6.29. The number of hydrogen-bond donors (Lipinski definition) is 0. The fourth-order valence-corrected chi connectivity index (χ4v) is 2.73. The second kappa shape index (κ2) is 9.44. The van der Waals surface area contributed by atoms with E-state index in [1.165, 1.54) is 42.0 Å². The lowest BCUT2D eigenvalue weighted by Crippen LogP contribution is -2.03. The molecule has 23 heavy (non-hydrogen) atoms. The summed E-state index contributed by atoms with van der Waals surface area (Å²) in [7, 11) is 0. The van der Waals surface area contributed by atoms with E-state index < -0.39 is 0 Å². The highest BCUT2D eigenvalue weighted by molar-refractivity contribution is 5.88. The Bertz CT molecular complexity index is 604. The molecule has 0 heterocycles. The van der Waals surface area contributed by atoms with Crippen LogP contribution in [-0.4, -0.2) is 13.2 Å². The van der Waals surface area contributed by atoms with Crippen LogP contribution < -0.4 is 9.47 Å². The predicted molar refractivity (Wildman–Crippen MR) is 98.7 cm³/mol. The number of aryl methyl sites for hydroxylation is 1. The first-order valence-corrected chi connectivity index (χ1v) is 9.05. The molecule has 2 heteroatoms. The molecule has 0 aromatic heterocycles. The summed E-state index contributed by atoms with van der Waals surface area (Å²) in [5.41, 5.74) is 1.28. The fraction of sp³-hybridized carbons (Fsp3) is 0.524. The molecule has 0 aliphatic rings. The zero-order valence-corrected chi connectivity index (χ0v) is 14.9. The molecule has 126 valence electrons. The van der Waals surface area contributed by atoms with Crippen LogP contribution in [0.25, 0.3) is 10.8 Å². The third-order valence-corrected chi connectivity index (χ3v) is 4.17. The first kappa shape index (κ1) is 17.7. The van der Waals surface area contributed by atoms with Crippen LogP contribution in [0.5, 0.6) is 11.5 Å². The highest BCUT2D eigenvalue weighted by Crippen LogP contribution is 2.34. The molecule has 0 radical (unpaired) electrons. The molecule has 0 atom stereocenters. The molecule has 0 spiro atoms. The Balaban J connectivity index is 2.17. The van der Waals surface area contributed by atoms with Crippen molar-refractivity contribution in [2.24, 2.45) is 0 Å². The van der Waals surface area contributed by atoms with Gasteiger partial charge in [-0.2, -0.15) is 0 Å². The highest BCUT2D eigenvalue weighted by Gasteiger charge is 2.09. The summed E-state index contributed by atoms with van der Waals surface area (Å²) in [6, 6.07) is 10.7. The maximum Gasteiger partial charge on any atom is 0.161 e. The molecule has 2 rings (SSSR count). The van der Waals surface area contributed by atoms with E-state index >= 15 is 0 Å². The molecular formula is C21H30O2. The van der Waals surface area contributed by atoms with Gasteiger partial charge in [-0.1, -0.05) is 57.7 Å². The Morgan fingerprint density at radius 1 is 0.783 bits per heavy atom. The minimum Gasteiger partial charge on any atom is -0.490 e. The number of ether oxygens (including phenoxy) is 2. The summed E-state index contributed by atoms with van der Waals surface area (Å²) >= 11 is 0. The third kappa shape index (κ3) is 5.16. The van der Waals surface area contributed by atoms with Crippen molar-refractivity contribution in [3.8, 4) is 11.5 Å². The summed E-state index contributed by atoms with van der Waals surface area (Å²) < 4.78 is 12.1. The number of hydrogen-bond acceptors (Lipinski definition) is 2. The van der Waals surface area contributed by atoms with Crippen LogP contribution in [0.4, 0.5) is 0 Å². The van der Waals surface area contributed by atoms with Gasteiger partial charge in [-0.25, -0.2) is 0 Å². The van der Waals surface area contributed by atoms with Crippen molar-refractivity contribution in [1.82, 2.24) is 0 Å². The van der Waals surface area contributed by atoms with E-state index in [1.807, 2.05) is 0 Å². The van der Waals surface area contributed by atoms with Gasteiger partial charge in [0.1, 0.15) is 0 Å². The van der Waals surface area contributed by atoms with Gasteiger partial charge in [0.05, 0.1) is 13.2 Å². The van der Waals surface area contributed by atoms with Crippen molar-refractivity contribution in [2.75, 3.05) is 13.2 Å². The molecule has 0 fully saturated rings. The van der Waals surface area contributed by atoms with Gasteiger partial charge < -0.3 is 9.47 Å². The molecule has 0 saturated carbocycles. The molecule has 0 unspecified atom stereocenters. The van der Waals surface area contributed by atoms with Crippen molar-refractivity contribution < 1.29 is 9.47 Å². The lowest BCUT2D eigenvalue weighted by atomic mass is 10.0. The monoisotopic (exact) mass is 314 g/mol. The van der Waals surface area contributed by atoms with E-state index in [1.54, 1.807) is 0 Å². The van der Waals surface area contributed by atoms with Crippen molar-refractivity contribution >= 4 is 10.8 Å². The number of rotatable bonds is 10. The van der Waals surface area contributed by atoms with Crippen LogP contribution in [0.3, 0.4) is 0 Å². The summed E-state index contributed by atoms with van der Waals surface area (Å²) in [4.78, 5) is 0. The molecule has 0 bridgehead atoms. The SMILES string of the molecule is CCCCCOc1cc2cccc(C)c2cc1OCCCCC. The van der Waals surface area contributed by atoms with Crippen molar-refractivity contribution in [3.05, 3.63) is 35.9 Å². The van der Waals surface area contributed by atoms with E-state index in [2.05, 4.69) is 51.1 Å². The number of fused-ring (bicyclic) bond motifs is 1. The zero-order valence-electron chi connectivity index (χ0n) is 14.9. The Morgan fingerprint density at radius 2 is 1.39 bits per heavy atom. The van der Waals surface area contributed by atoms with Gasteiger partial charge in [-0.3, -0.25) is 0 Å². The van der Waals surface area contributed by atoms with E-state index in [-0.39, 0.29) is 0 Å². The van der Waals surface area contributed by atoms with Crippen LogP contribution in [0.1, 0.15) is 57.9 Å². The standard InChI is InChI=1S/C21H30O2/c1-4-6-8-13-22-20-15-18-12-10-11-17(3)19(18)16-21(20)23-14-9-7-5-2/h10-12,15-16H,4-9,13-14H2,1-3H3. The molecule has 0 aliphatic heterocycles. The maximum atomic E-state index is 6.03. The third-order valence-electron chi connectivity index (χ3n) is 4.17. The Kier molecular flexibility index (Phi) is 7.25. The topological polar surface area (TPSA) is 18.5 Å². The van der Waals surface area contributed by atoms with Crippen molar-refractivity contribution in [3.63, 3.8) is 0 Å². The van der Waals surface area contributed by atoms with E-state index in [0.29, 0.717) is 0 Å².